The van der Waals surface area contributed by atoms with Crippen LogP contribution in [0.25, 0.3) is 10.9 Å². The van der Waals surface area contributed by atoms with Crippen molar-refractivity contribution >= 4 is 45.2 Å². The second-order valence-electron chi connectivity index (χ2n) is 7.38. The number of nitrogens with zero attached hydrogens (tertiary/aromatic N) is 5. The molecule has 0 aliphatic carbocycles. The van der Waals surface area contributed by atoms with Crippen molar-refractivity contribution in [2.45, 2.75) is 31.6 Å². The Morgan fingerprint density at radius 3 is 2.81 bits per heavy atom. The van der Waals surface area contributed by atoms with Gasteiger partial charge in [0.25, 0.3) is 6.43 Å². The van der Waals surface area contributed by atoms with E-state index in [1.54, 1.807) is 6.20 Å². The minimum absolute atomic E-state index is 0.130. The van der Waals surface area contributed by atoms with Crippen molar-refractivity contribution in [3.05, 3.63) is 40.8 Å². The molecule has 2 aromatic rings. The van der Waals surface area contributed by atoms with Gasteiger partial charge >= 0.3 is 0 Å². The second-order valence-corrected chi connectivity index (χ2v) is 8.14. The molecular formula is C21H23Cl2F2N7. The summed E-state index contributed by atoms with van der Waals surface area (Å²) < 4.78 is 24.8. The van der Waals surface area contributed by atoms with E-state index < -0.39 is 13.0 Å². The van der Waals surface area contributed by atoms with E-state index in [4.69, 9.17) is 34.2 Å². The number of allylic oxidation sites excluding steroid dienone is 1. The van der Waals surface area contributed by atoms with E-state index in [-0.39, 0.29) is 16.8 Å². The minimum atomic E-state index is -2.61. The summed E-state index contributed by atoms with van der Waals surface area (Å²) in [5.41, 5.74) is 7.39. The lowest BCUT2D eigenvalue weighted by Gasteiger charge is -2.32. The Bertz CT molecular complexity index is 1040. The molecule has 3 rings (SSSR count). The number of rotatable bonds is 8. The SMILES string of the molecule is N#CCCN1CCC(c2cc3nc(NC(=CN)C(Cl)=NCC(F)F)ncc3cc2Cl)CC1. The van der Waals surface area contributed by atoms with Gasteiger partial charge < -0.3 is 16.0 Å². The number of benzene rings is 1. The topological polar surface area (TPSA) is 103 Å². The van der Waals surface area contributed by atoms with Gasteiger partial charge in [0.05, 0.1) is 17.3 Å². The molecule has 1 saturated heterocycles. The zero-order valence-electron chi connectivity index (χ0n) is 17.2. The van der Waals surface area contributed by atoms with Gasteiger partial charge in [0, 0.05) is 35.8 Å². The van der Waals surface area contributed by atoms with Crippen molar-refractivity contribution in [2.75, 3.05) is 31.5 Å². The molecule has 0 bridgehead atoms. The van der Waals surface area contributed by atoms with Crippen LogP contribution in [0.3, 0.4) is 0 Å². The minimum Gasteiger partial charge on any atom is -0.403 e. The maximum atomic E-state index is 12.4. The number of nitriles is 1. The lowest BCUT2D eigenvalue weighted by atomic mass is 9.89. The maximum absolute atomic E-state index is 12.4. The quantitative estimate of drug-likeness (QED) is 0.538. The number of anilines is 1. The number of likely N-dealkylation sites (tertiary alicyclic amines) is 1. The molecule has 0 amide bonds. The van der Waals surface area contributed by atoms with Crippen LogP contribution < -0.4 is 11.1 Å². The Balaban J connectivity index is 1.78. The molecule has 0 spiro atoms. The van der Waals surface area contributed by atoms with E-state index in [1.165, 1.54) is 0 Å². The number of fused-ring (bicyclic) bond motifs is 1. The Kier molecular flexibility index (Phi) is 8.56. The molecule has 170 valence electrons. The van der Waals surface area contributed by atoms with Gasteiger partial charge in [-0.25, -0.2) is 18.7 Å². The Morgan fingerprint density at radius 2 is 2.16 bits per heavy atom. The van der Waals surface area contributed by atoms with Crippen molar-refractivity contribution in [1.82, 2.24) is 14.9 Å². The summed E-state index contributed by atoms with van der Waals surface area (Å²) in [5.74, 6) is 0.506. The average molecular weight is 482 g/mol. The van der Waals surface area contributed by atoms with Gasteiger partial charge in [-0.3, -0.25) is 4.99 Å². The number of aliphatic imine (C=N–C) groups is 1. The number of nitrogens with one attached hydrogen (secondary N) is 1. The van der Waals surface area contributed by atoms with Crippen molar-refractivity contribution in [3.63, 3.8) is 0 Å². The van der Waals surface area contributed by atoms with Crippen LogP contribution in [0.1, 0.15) is 30.7 Å². The summed E-state index contributed by atoms with van der Waals surface area (Å²) in [6, 6.07) is 5.98. The molecule has 2 heterocycles. The van der Waals surface area contributed by atoms with Crippen molar-refractivity contribution in [3.8, 4) is 6.07 Å². The normalized spacial score (nSPS) is 16.5. The monoisotopic (exact) mass is 481 g/mol. The van der Waals surface area contributed by atoms with Crippen molar-refractivity contribution in [1.29, 1.82) is 5.26 Å². The predicted molar refractivity (Wildman–Crippen MR) is 123 cm³/mol. The van der Waals surface area contributed by atoms with Crippen LogP contribution in [0, 0.1) is 11.3 Å². The number of alkyl halides is 2. The van der Waals surface area contributed by atoms with Gasteiger partial charge in [-0.1, -0.05) is 23.2 Å². The van der Waals surface area contributed by atoms with Gasteiger partial charge in [-0.2, -0.15) is 5.26 Å². The number of piperidine rings is 1. The van der Waals surface area contributed by atoms with Gasteiger partial charge in [0.1, 0.15) is 11.7 Å². The molecule has 1 aromatic carbocycles. The fourth-order valence-corrected chi connectivity index (χ4v) is 4.14. The van der Waals surface area contributed by atoms with E-state index in [0.29, 0.717) is 22.9 Å². The first-order valence-electron chi connectivity index (χ1n) is 10.1. The number of aromatic nitrogens is 2. The van der Waals surface area contributed by atoms with Crippen LogP contribution in [0.2, 0.25) is 5.02 Å². The van der Waals surface area contributed by atoms with E-state index in [0.717, 1.165) is 49.6 Å². The van der Waals surface area contributed by atoms with E-state index in [9.17, 15) is 8.78 Å². The van der Waals surface area contributed by atoms with E-state index in [1.807, 2.05) is 12.1 Å². The van der Waals surface area contributed by atoms with Gasteiger partial charge in [-0.05, 0) is 49.5 Å². The van der Waals surface area contributed by atoms with Gasteiger partial charge in [0.15, 0.2) is 0 Å². The van der Waals surface area contributed by atoms with Crippen LogP contribution in [0.4, 0.5) is 14.7 Å². The van der Waals surface area contributed by atoms with Crippen LogP contribution in [0.15, 0.2) is 35.2 Å². The lowest BCUT2D eigenvalue weighted by Crippen LogP contribution is -2.33. The maximum Gasteiger partial charge on any atom is 0.257 e. The fourth-order valence-electron chi connectivity index (χ4n) is 3.63. The molecule has 0 saturated carbocycles. The lowest BCUT2D eigenvalue weighted by molar-refractivity contribution is 0.159. The van der Waals surface area contributed by atoms with Crippen molar-refractivity contribution < 1.29 is 8.78 Å². The summed E-state index contributed by atoms with van der Waals surface area (Å²) in [6.07, 6.45) is 2.55. The Morgan fingerprint density at radius 1 is 1.41 bits per heavy atom. The van der Waals surface area contributed by atoms with E-state index in [2.05, 4.69) is 31.2 Å². The first-order chi connectivity index (χ1) is 15.4. The summed E-state index contributed by atoms with van der Waals surface area (Å²) in [7, 11) is 0. The molecule has 1 aliphatic heterocycles. The van der Waals surface area contributed by atoms with Crippen molar-refractivity contribution in [2.24, 2.45) is 10.7 Å². The third-order valence-corrected chi connectivity index (χ3v) is 5.92. The molecule has 11 heteroatoms. The smallest absolute Gasteiger partial charge is 0.257 e. The zero-order chi connectivity index (χ0) is 23.1. The highest BCUT2D eigenvalue weighted by molar-refractivity contribution is 6.69. The fraction of sp³-hybridized carbons (Fsp3) is 0.429. The zero-order valence-corrected chi connectivity index (χ0v) is 18.8. The van der Waals surface area contributed by atoms with Crippen LogP contribution in [-0.2, 0) is 0 Å². The molecule has 1 aliphatic rings. The van der Waals surface area contributed by atoms with Crippen LogP contribution in [0.5, 0.6) is 0 Å². The first kappa shape index (κ1) is 24.1. The average Bonchev–Trinajstić information content (AvgIpc) is 2.79. The summed E-state index contributed by atoms with van der Waals surface area (Å²) in [4.78, 5) is 14.6. The summed E-state index contributed by atoms with van der Waals surface area (Å²) in [6.45, 7) is 1.89. The second kappa shape index (κ2) is 11.4. The first-order valence-corrected chi connectivity index (χ1v) is 10.9. The molecule has 3 N–H and O–H groups in total. The predicted octanol–water partition coefficient (Wildman–Crippen LogP) is 4.49. The molecule has 32 heavy (non-hydrogen) atoms. The number of halogens is 4. The molecular weight excluding hydrogens is 459 g/mol. The van der Waals surface area contributed by atoms with Gasteiger partial charge in [-0.15, -0.1) is 0 Å². The summed E-state index contributed by atoms with van der Waals surface area (Å²) >= 11 is 12.5. The summed E-state index contributed by atoms with van der Waals surface area (Å²) in [5, 5.41) is 12.8. The molecule has 0 unspecified atom stereocenters. The molecule has 1 aromatic heterocycles. The molecule has 7 nitrogen and oxygen atoms in total. The molecule has 1 fully saturated rings. The molecule has 0 radical (unpaired) electrons. The number of hydrogen-bond acceptors (Lipinski definition) is 7. The third-order valence-electron chi connectivity index (χ3n) is 5.27. The Labute approximate surface area is 194 Å². The van der Waals surface area contributed by atoms with Gasteiger partial charge in [0.2, 0.25) is 5.95 Å². The van der Waals surface area contributed by atoms with Crippen LogP contribution in [-0.4, -0.2) is 52.6 Å². The largest absolute Gasteiger partial charge is 0.403 e. The molecule has 0 atom stereocenters. The third kappa shape index (κ3) is 6.25. The highest BCUT2D eigenvalue weighted by Gasteiger charge is 2.23. The highest BCUT2D eigenvalue weighted by atomic mass is 35.5. The highest BCUT2D eigenvalue weighted by Crippen LogP contribution is 2.35. The Hall–Kier alpha value is -2.54. The number of nitrogens with two attached hydrogens (primary N) is 1. The van der Waals surface area contributed by atoms with E-state index >= 15 is 0 Å². The standard InChI is InChI=1S/C21H23Cl2F2N7/c22-16-8-14-11-29-21(31-18(10-27)20(23)28-12-19(24)25)30-17(14)9-15(16)13-2-6-32(7-3-13)5-1-4-26/h8-11,13,19H,1-3,5-7,12,27H2,(H,29,30,31). The number of hydrogen-bond donors (Lipinski definition) is 2. The van der Waals surface area contributed by atoms with Crippen LogP contribution >= 0.6 is 23.2 Å².